The van der Waals surface area contributed by atoms with Gasteiger partial charge in [-0.2, -0.15) is 0 Å². The van der Waals surface area contributed by atoms with Gasteiger partial charge in [-0.15, -0.1) is 24.0 Å². The Bertz CT molecular complexity index is 784. The maximum atomic E-state index is 10.7. The highest BCUT2D eigenvalue weighted by Gasteiger charge is 2.15. The van der Waals surface area contributed by atoms with E-state index in [4.69, 9.17) is 9.47 Å². The average molecular weight is 513 g/mol. The van der Waals surface area contributed by atoms with Crippen molar-refractivity contribution in [1.82, 2.24) is 10.6 Å². The highest BCUT2D eigenvalue weighted by molar-refractivity contribution is 14.0. The molecule has 0 aliphatic heterocycles. The highest BCUT2D eigenvalue weighted by Crippen LogP contribution is 2.29. The topological polar surface area (TPSA) is 75.1 Å². The van der Waals surface area contributed by atoms with Crippen LogP contribution in [-0.2, 0) is 13.0 Å². The number of halogens is 1. The molecule has 0 aromatic heterocycles. The molecule has 1 unspecified atom stereocenters. The fourth-order valence-electron chi connectivity index (χ4n) is 2.97. The zero-order valence-electron chi connectivity index (χ0n) is 17.6. The summed E-state index contributed by atoms with van der Waals surface area (Å²) in [6.45, 7) is 5.77. The molecule has 0 fully saturated rings. The SMILES string of the molecule is CCNC(=NCc1ccccc1CC)NCC(O)c1cc(OC)ccc1OC.I. The van der Waals surface area contributed by atoms with Crippen LogP contribution in [-0.4, -0.2) is 38.4 Å². The molecule has 1 atom stereocenters. The van der Waals surface area contributed by atoms with Crippen LogP contribution >= 0.6 is 24.0 Å². The molecular formula is C22H32IN3O3. The summed E-state index contributed by atoms with van der Waals surface area (Å²) < 4.78 is 10.6. The van der Waals surface area contributed by atoms with Crippen molar-refractivity contribution in [2.24, 2.45) is 4.99 Å². The smallest absolute Gasteiger partial charge is 0.191 e. The number of ether oxygens (including phenoxy) is 2. The third kappa shape index (κ3) is 7.40. The first-order chi connectivity index (χ1) is 13.6. The summed E-state index contributed by atoms with van der Waals surface area (Å²) in [5.41, 5.74) is 3.17. The number of hydrogen-bond donors (Lipinski definition) is 3. The van der Waals surface area contributed by atoms with E-state index < -0.39 is 6.10 Å². The van der Waals surface area contributed by atoms with E-state index in [0.29, 0.717) is 36.1 Å². The van der Waals surface area contributed by atoms with Gasteiger partial charge in [0.2, 0.25) is 0 Å². The Hall–Kier alpha value is -2.00. The van der Waals surface area contributed by atoms with Crippen LogP contribution in [0.1, 0.15) is 36.6 Å². The molecule has 0 saturated carbocycles. The molecule has 29 heavy (non-hydrogen) atoms. The number of methoxy groups -OCH3 is 2. The number of nitrogens with one attached hydrogen (secondary N) is 2. The van der Waals surface area contributed by atoms with Crippen LogP contribution in [0.2, 0.25) is 0 Å². The summed E-state index contributed by atoms with van der Waals surface area (Å²) in [6, 6.07) is 13.7. The Kier molecular flexibility index (Phi) is 11.5. The maximum absolute atomic E-state index is 10.7. The quantitative estimate of drug-likeness (QED) is 0.271. The molecule has 0 heterocycles. The van der Waals surface area contributed by atoms with Crippen LogP contribution in [0, 0.1) is 0 Å². The van der Waals surface area contributed by atoms with E-state index in [0.717, 1.165) is 13.0 Å². The molecule has 160 valence electrons. The minimum absolute atomic E-state index is 0. The maximum Gasteiger partial charge on any atom is 0.191 e. The molecule has 2 rings (SSSR count). The number of aliphatic hydroxyl groups excluding tert-OH is 1. The lowest BCUT2D eigenvalue weighted by atomic mass is 10.1. The summed E-state index contributed by atoms with van der Waals surface area (Å²) in [4.78, 5) is 4.66. The molecule has 0 radical (unpaired) electrons. The standard InChI is InChI=1S/C22H31N3O3.HI/c1-5-16-9-7-8-10-17(16)14-24-22(23-6-2)25-15-20(26)19-13-18(27-3)11-12-21(19)28-4;/h7-13,20,26H,5-6,14-15H2,1-4H3,(H2,23,24,25);1H. The van der Waals surface area contributed by atoms with E-state index in [1.165, 1.54) is 11.1 Å². The summed E-state index contributed by atoms with van der Waals surface area (Å²) in [5, 5.41) is 17.1. The average Bonchev–Trinajstić information content (AvgIpc) is 2.75. The van der Waals surface area contributed by atoms with Gasteiger partial charge in [0.25, 0.3) is 0 Å². The second-order valence-corrected chi connectivity index (χ2v) is 6.32. The second-order valence-electron chi connectivity index (χ2n) is 6.32. The molecule has 7 heteroatoms. The lowest BCUT2D eigenvalue weighted by Crippen LogP contribution is -2.39. The Morgan fingerprint density at radius 1 is 1.03 bits per heavy atom. The zero-order chi connectivity index (χ0) is 20.4. The van der Waals surface area contributed by atoms with E-state index in [9.17, 15) is 5.11 Å². The first-order valence-corrected chi connectivity index (χ1v) is 9.61. The lowest BCUT2D eigenvalue weighted by molar-refractivity contribution is 0.176. The number of aliphatic hydroxyl groups is 1. The first kappa shape index (κ1) is 25.0. The van der Waals surface area contributed by atoms with E-state index in [1.54, 1.807) is 32.4 Å². The molecule has 2 aromatic carbocycles. The van der Waals surface area contributed by atoms with Gasteiger partial charge in [-0.3, -0.25) is 0 Å². The summed E-state index contributed by atoms with van der Waals surface area (Å²) in [5.74, 6) is 1.95. The van der Waals surface area contributed by atoms with Gasteiger partial charge in [0.05, 0.1) is 26.9 Å². The van der Waals surface area contributed by atoms with E-state index in [-0.39, 0.29) is 24.0 Å². The van der Waals surface area contributed by atoms with Gasteiger partial charge in [0.15, 0.2) is 5.96 Å². The fraction of sp³-hybridized carbons (Fsp3) is 0.409. The highest BCUT2D eigenvalue weighted by atomic mass is 127. The minimum Gasteiger partial charge on any atom is -0.497 e. The molecule has 2 aromatic rings. The molecule has 0 saturated heterocycles. The van der Waals surface area contributed by atoms with Crippen molar-refractivity contribution in [1.29, 1.82) is 0 Å². The number of rotatable bonds is 9. The molecular weight excluding hydrogens is 481 g/mol. The van der Waals surface area contributed by atoms with Gasteiger partial charge >= 0.3 is 0 Å². The minimum atomic E-state index is -0.767. The van der Waals surface area contributed by atoms with Gasteiger partial charge < -0.3 is 25.2 Å². The van der Waals surface area contributed by atoms with Crippen molar-refractivity contribution >= 4 is 29.9 Å². The summed E-state index contributed by atoms with van der Waals surface area (Å²) in [6.07, 6.45) is 0.209. The molecule has 0 aliphatic carbocycles. The van der Waals surface area contributed by atoms with E-state index >= 15 is 0 Å². The van der Waals surface area contributed by atoms with Gasteiger partial charge in [0, 0.05) is 18.7 Å². The molecule has 0 spiro atoms. The van der Waals surface area contributed by atoms with Crippen LogP contribution in [0.4, 0.5) is 0 Å². The van der Waals surface area contributed by atoms with E-state index in [1.807, 2.05) is 19.1 Å². The van der Waals surface area contributed by atoms with Gasteiger partial charge in [-0.25, -0.2) is 4.99 Å². The second kappa shape index (κ2) is 13.3. The van der Waals surface area contributed by atoms with Crippen molar-refractivity contribution in [2.45, 2.75) is 32.9 Å². The Morgan fingerprint density at radius 3 is 2.38 bits per heavy atom. The molecule has 0 amide bonds. The van der Waals surface area contributed by atoms with Crippen molar-refractivity contribution in [3.8, 4) is 11.5 Å². The zero-order valence-corrected chi connectivity index (χ0v) is 19.9. The number of nitrogens with zero attached hydrogens (tertiary/aromatic N) is 1. The number of aliphatic imine (C=N–C) groups is 1. The van der Waals surface area contributed by atoms with Crippen molar-refractivity contribution in [2.75, 3.05) is 27.3 Å². The monoisotopic (exact) mass is 513 g/mol. The predicted octanol–water partition coefficient (Wildman–Crippen LogP) is 3.67. The van der Waals surface area contributed by atoms with Crippen molar-refractivity contribution < 1.29 is 14.6 Å². The summed E-state index contributed by atoms with van der Waals surface area (Å²) >= 11 is 0. The fourth-order valence-corrected chi connectivity index (χ4v) is 2.97. The van der Waals surface area contributed by atoms with Gasteiger partial charge in [0.1, 0.15) is 11.5 Å². The molecule has 0 bridgehead atoms. The number of guanidine groups is 1. The van der Waals surface area contributed by atoms with Crippen molar-refractivity contribution in [3.05, 3.63) is 59.2 Å². The third-order valence-electron chi connectivity index (χ3n) is 4.51. The first-order valence-electron chi connectivity index (χ1n) is 9.61. The van der Waals surface area contributed by atoms with Crippen LogP contribution in [0.5, 0.6) is 11.5 Å². The number of hydrogen-bond acceptors (Lipinski definition) is 4. The van der Waals surface area contributed by atoms with Crippen LogP contribution in [0.15, 0.2) is 47.5 Å². The van der Waals surface area contributed by atoms with Crippen LogP contribution in [0.3, 0.4) is 0 Å². The Morgan fingerprint density at radius 2 is 1.76 bits per heavy atom. The van der Waals surface area contributed by atoms with Gasteiger partial charge in [-0.05, 0) is 42.7 Å². The van der Waals surface area contributed by atoms with Crippen molar-refractivity contribution in [3.63, 3.8) is 0 Å². The normalized spacial score (nSPS) is 12.0. The predicted molar refractivity (Wildman–Crippen MR) is 129 cm³/mol. The van der Waals surface area contributed by atoms with Gasteiger partial charge in [-0.1, -0.05) is 31.2 Å². The Labute approximate surface area is 190 Å². The summed E-state index contributed by atoms with van der Waals surface area (Å²) in [7, 11) is 3.18. The number of aryl methyl sites for hydroxylation is 1. The molecule has 3 N–H and O–H groups in total. The molecule has 0 aliphatic rings. The Balaban J connectivity index is 0.00000420. The van der Waals surface area contributed by atoms with Crippen LogP contribution in [0.25, 0.3) is 0 Å². The van der Waals surface area contributed by atoms with E-state index in [2.05, 4.69) is 34.7 Å². The molecule has 6 nitrogen and oxygen atoms in total. The lowest BCUT2D eigenvalue weighted by Gasteiger charge is -2.18. The number of benzene rings is 2. The largest absolute Gasteiger partial charge is 0.497 e. The van der Waals surface area contributed by atoms with Crippen LogP contribution < -0.4 is 20.1 Å². The third-order valence-corrected chi connectivity index (χ3v) is 4.51.